The van der Waals surface area contributed by atoms with E-state index in [9.17, 15) is 19.8 Å². The number of aliphatic carboxylic acids is 1. The zero-order chi connectivity index (χ0) is 21.5. The number of aliphatic hydroxyl groups is 2. The van der Waals surface area contributed by atoms with Crippen molar-refractivity contribution in [1.29, 1.82) is 0 Å². The van der Waals surface area contributed by atoms with E-state index in [1.807, 2.05) is 24.3 Å². The lowest BCUT2D eigenvalue weighted by atomic mass is 9.88. The normalized spacial score (nSPS) is 27.1. The van der Waals surface area contributed by atoms with E-state index < -0.39 is 24.5 Å². The van der Waals surface area contributed by atoms with E-state index in [2.05, 4.69) is 0 Å². The van der Waals surface area contributed by atoms with Gasteiger partial charge in [0.15, 0.2) is 0 Å². The first-order valence-corrected chi connectivity index (χ1v) is 10.6. The standard InChI is InChI=1S/C23H30O7/c24-18(23-29-14-15-7-5-6-9-21(15)30-23)12-11-17-16(19(25)13-20(17)26)8-3-1-2-4-10-22(27)28/h5-7,9,11-12,16-18,20,23-24,26H,1-4,8,10,13-14H2,(H,27,28)/t16-,17-,18+,20-,23+/m1/s1. The second-order valence-electron chi connectivity index (χ2n) is 8.05. The summed E-state index contributed by atoms with van der Waals surface area (Å²) in [7, 11) is 0. The summed E-state index contributed by atoms with van der Waals surface area (Å²) in [6.45, 7) is 0.348. The predicted octanol–water partition coefficient (Wildman–Crippen LogP) is 2.83. The molecule has 0 aromatic heterocycles. The number of carboxylic acids is 1. The van der Waals surface area contributed by atoms with Gasteiger partial charge in [-0.2, -0.15) is 0 Å². The van der Waals surface area contributed by atoms with Crippen molar-refractivity contribution in [2.45, 2.75) is 70.1 Å². The number of hydrogen-bond donors (Lipinski definition) is 3. The van der Waals surface area contributed by atoms with Crippen LogP contribution in [0.5, 0.6) is 5.75 Å². The fourth-order valence-corrected chi connectivity index (χ4v) is 4.16. The predicted molar refractivity (Wildman–Crippen MR) is 109 cm³/mol. The fraction of sp³-hybridized carbons (Fsp3) is 0.565. The van der Waals surface area contributed by atoms with Gasteiger partial charge in [-0.3, -0.25) is 9.59 Å². The summed E-state index contributed by atoms with van der Waals surface area (Å²) in [5.41, 5.74) is 0.921. The summed E-state index contributed by atoms with van der Waals surface area (Å²) in [4.78, 5) is 22.9. The lowest BCUT2D eigenvalue weighted by Crippen LogP contribution is -2.36. The van der Waals surface area contributed by atoms with Crippen molar-refractivity contribution in [2.75, 3.05) is 0 Å². The number of unbranched alkanes of at least 4 members (excludes halogenated alkanes) is 3. The van der Waals surface area contributed by atoms with Crippen LogP contribution in [-0.2, 0) is 20.9 Å². The smallest absolute Gasteiger partial charge is 0.303 e. The molecule has 0 spiro atoms. The first-order chi connectivity index (χ1) is 14.5. The number of rotatable bonds is 10. The molecule has 1 aromatic carbocycles. The van der Waals surface area contributed by atoms with Crippen molar-refractivity contribution in [3.63, 3.8) is 0 Å². The third kappa shape index (κ3) is 5.90. The number of hydrogen-bond acceptors (Lipinski definition) is 6. The van der Waals surface area contributed by atoms with Crippen molar-refractivity contribution in [2.24, 2.45) is 11.8 Å². The van der Waals surface area contributed by atoms with Crippen LogP contribution in [0.1, 0.15) is 50.5 Å². The van der Waals surface area contributed by atoms with E-state index in [0.29, 0.717) is 25.2 Å². The molecule has 0 radical (unpaired) electrons. The van der Waals surface area contributed by atoms with E-state index in [-0.39, 0.29) is 30.5 Å². The molecule has 30 heavy (non-hydrogen) atoms. The van der Waals surface area contributed by atoms with Crippen molar-refractivity contribution in [1.82, 2.24) is 0 Å². The van der Waals surface area contributed by atoms with Gasteiger partial charge >= 0.3 is 5.97 Å². The Morgan fingerprint density at radius 1 is 1.20 bits per heavy atom. The first-order valence-electron chi connectivity index (χ1n) is 10.6. The van der Waals surface area contributed by atoms with Gasteiger partial charge in [0, 0.05) is 30.2 Å². The van der Waals surface area contributed by atoms with Gasteiger partial charge in [-0.25, -0.2) is 0 Å². The van der Waals surface area contributed by atoms with Crippen molar-refractivity contribution in [3.8, 4) is 5.75 Å². The number of ether oxygens (including phenoxy) is 2. The number of benzene rings is 1. The highest BCUT2D eigenvalue weighted by Gasteiger charge is 2.39. The molecular weight excluding hydrogens is 388 g/mol. The van der Waals surface area contributed by atoms with Gasteiger partial charge < -0.3 is 24.8 Å². The lowest BCUT2D eigenvalue weighted by molar-refractivity contribution is -0.152. The van der Waals surface area contributed by atoms with Gasteiger partial charge in [-0.15, -0.1) is 0 Å². The zero-order valence-corrected chi connectivity index (χ0v) is 17.0. The Morgan fingerprint density at radius 3 is 2.77 bits per heavy atom. The molecule has 7 nitrogen and oxygen atoms in total. The molecule has 1 aromatic rings. The minimum Gasteiger partial charge on any atom is -0.481 e. The molecule has 1 aliphatic heterocycles. The molecule has 7 heteroatoms. The molecule has 5 atom stereocenters. The first kappa shape index (κ1) is 22.5. The quantitative estimate of drug-likeness (QED) is 0.395. The highest BCUT2D eigenvalue weighted by atomic mass is 16.7. The Bertz CT molecular complexity index is 760. The Hall–Kier alpha value is -2.22. The molecule has 164 valence electrons. The van der Waals surface area contributed by atoms with Crippen LogP contribution in [0.25, 0.3) is 0 Å². The lowest BCUT2D eigenvalue weighted by Gasteiger charge is -2.28. The fourth-order valence-electron chi connectivity index (χ4n) is 4.16. The van der Waals surface area contributed by atoms with Crippen LogP contribution in [0.4, 0.5) is 0 Å². The van der Waals surface area contributed by atoms with Crippen LogP contribution >= 0.6 is 0 Å². The molecule has 0 saturated heterocycles. The Kier molecular flexibility index (Phi) is 8.01. The summed E-state index contributed by atoms with van der Waals surface area (Å²) in [5, 5.41) is 29.4. The second-order valence-corrected chi connectivity index (χ2v) is 8.05. The van der Waals surface area contributed by atoms with E-state index in [1.54, 1.807) is 12.2 Å². The average molecular weight is 418 g/mol. The van der Waals surface area contributed by atoms with Crippen LogP contribution in [-0.4, -0.2) is 45.6 Å². The Labute approximate surface area is 176 Å². The van der Waals surface area contributed by atoms with E-state index >= 15 is 0 Å². The maximum Gasteiger partial charge on any atom is 0.303 e. The largest absolute Gasteiger partial charge is 0.481 e. The van der Waals surface area contributed by atoms with Crippen molar-refractivity contribution in [3.05, 3.63) is 42.0 Å². The average Bonchev–Trinajstić information content (AvgIpc) is 3.00. The number of aliphatic hydroxyl groups excluding tert-OH is 2. The van der Waals surface area contributed by atoms with Crippen LogP contribution in [0, 0.1) is 11.8 Å². The number of carbonyl (C=O) groups excluding carboxylic acids is 1. The maximum atomic E-state index is 12.3. The monoisotopic (exact) mass is 418 g/mol. The summed E-state index contributed by atoms with van der Waals surface area (Å²) in [5.74, 6) is -0.699. The number of fused-ring (bicyclic) bond motifs is 1. The molecule has 3 N–H and O–H groups in total. The molecule has 1 heterocycles. The van der Waals surface area contributed by atoms with Gasteiger partial charge in [0.25, 0.3) is 0 Å². The number of carbonyl (C=O) groups is 2. The highest BCUT2D eigenvalue weighted by Crippen LogP contribution is 2.35. The minimum atomic E-state index is -1.02. The number of Topliss-reactive ketones (excluding diaryl/α,β-unsaturated/α-hetero) is 1. The van der Waals surface area contributed by atoms with E-state index in [1.165, 1.54) is 0 Å². The Balaban J connectivity index is 1.51. The summed E-state index contributed by atoms with van der Waals surface area (Å²) in [6, 6.07) is 7.48. The number of para-hydroxylation sites is 1. The molecule has 3 rings (SSSR count). The van der Waals surface area contributed by atoms with Gasteiger partial charge in [-0.05, 0) is 18.9 Å². The van der Waals surface area contributed by atoms with Crippen molar-refractivity contribution < 1.29 is 34.4 Å². The van der Waals surface area contributed by atoms with Crippen LogP contribution < -0.4 is 4.74 Å². The molecule has 0 amide bonds. The zero-order valence-electron chi connectivity index (χ0n) is 17.0. The molecule has 1 aliphatic carbocycles. The molecule has 2 aliphatic rings. The van der Waals surface area contributed by atoms with E-state index in [4.69, 9.17) is 14.6 Å². The minimum absolute atomic E-state index is 0.0382. The van der Waals surface area contributed by atoms with E-state index in [0.717, 1.165) is 24.8 Å². The number of ketones is 1. The van der Waals surface area contributed by atoms with Gasteiger partial charge in [0.05, 0.1) is 12.7 Å². The van der Waals surface area contributed by atoms with Crippen LogP contribution in [0.15, 0.2) is 36.4 Å². The second kappa shape index (κ2) is 10.7. The highest BCUT2D eigenvalue weighted by molar-refractivity contribution is 5.84. The van der Waals surface area contributed by atoms with Gasteiger partial charge in [0.2, 0.25) is 6.29 Å². The summed E-state index contributed by atoms with van der Waals surface area (Å²) >= 11 is 0. The maximum absolute atomic E-state index is 12.3. The van der Waals surface area contributed by atoms with Crippen LogP contribution in [0.3, 0.4) is 0 Å². The molecular formula is C23H30O7. The molecule has 0 bridgehead atoms. The van der Waals surface area contributed by atoms with Gasteiger partial charge in [-0.1, -0.05) is 49.6 Å². The van der Waals surface area contributed by atoms with Gasteiger partial charge in [0.1, 0.15) is 17.6 Å². The van der Waals surface area contributed by atoms with Crippen LogP contribution in [0.2, 0.25) is 0 Å². The topological polar surface area (TPSA) is 113 Å². The SMILES string of the molecule is O=C(O)CCCCCC[C@H]1C(=O)C[C@@H](O)[C@@H]1C=C[C@H](O)[C@H]1OCc2ccccc2O1. The summed E-state index contributed by atoms with van der Waals surface area (Å²) < 4.78 is 11.3. The third-order valence-electron chi connectivity index (χ3n) is 5.82. The number of carboxylic acid groups (broad SMARTS) is 1. The van der Waals surface area contributed by atoms with Crippen molar-refractivity contribution >= 4 is 11.8 Å². The molecule has 0 unspecified atom stereocenters. The Morgan fingerprint density at radius 2 is 1.97 bits per heavy atom. The third-order valence-corrected chi connectivity index (χ3v) is 5.82. The summed E-state index contributed by atoms with van der Waals surface area (Å²) in [6.07, 6.45) is 4.70. The molecule has 1 saturated carbocycles. The molecule has 1 fully saturated rings.